The van der Waals surface area contributed by atoms with Crippen LogP contribution in [0, 0.1) is 0 Å². The molecule has 0 heterocycles. The number of rotatable bonds is 9. The maximum absolute atomic E-state index is 12.3. The lowest BCUT2D eigenvalue weighted by Crippen LogP contribution is -2.38. The van der Waals surface area contributed by atoms with Crippen molar-refractivity contribution >= 4 is 5.91 Å². The number of nitrogens with zero attached hydrogens (tertiary/aromatic N) is 1. The Labute approximate surface area is 122 Å². The average Bonchev–Trinajstić information content (AvgIpc) is 2.45. The van der Waals surface area contributed by atoms with Gasteiger partial charge in [0, 0.05) is 39.2 Å². The predicted molar refractivity (Wildman–Crippen MR) is 81.5 cm³/mol. The lowest BCUT2D eigenvalue weighted by molar-refractivity contribution is -0.133. The molecule has 0 fully saturated rings. The molecule has 1 N–H and O–H groups in total. The number of ether oxygens (including phenoxy) is 1. The van der Waals surface area contributed by atoms with E-state index in [1.54, 1.807) is 7.11 Å². The van der Waals surface area contributed by atoms with Crippen molar-refractivity contribution in [3.8, 4) is 0 Å². The van der Waals surface area contributed by atoms with E-state index in [4.69, 9.17) is 4.74 Å². The van der Waals surface area contributed by atoms with Gasteiger partial charge < -0.3 is 15.0 Å². The Morgan fingerprint density at radius 1 is 1.25 bits per heavy atom. The average molecular weight is 278 g/mol. The highest BCUT2D eigenvalue weighted by molar-refractivity contribution is 5.76. The lowest BCUT2D eigenvalue weighted by atomic mass is 10.1. The van der Waals surface area contributed by atoms with Crippen LogP contribution in [0.25, 0.3) is 0 Å². The third-order valence-electron chi connectivity index (χ3n) is 3.14. The first kappa shape index (κ1) is 16.7. The molecule has 0 spiro atoms. The first-order valence-electron chi connectivity index (χ1n) is 7.18. The first-order chi connectivity index (χ1) is 9.65. The van der Waals surface area contributed by atoms with Crippen LogP contribution < -0.4 is 5.32 Å². The van der Waals surface area contributed by atoms with E-state index < -0.39 is 0 Å². The van der Waals surface area contributed by atoms with Gasteiger partial charge in [-0.05, 0) is 19.4 Å². The van der Waals surface area contributed by atoms with Crippen LogP contribution >= 0.6 is 0 Å². The maximum Gasteiger partial charge on any atom is 0.224 e. The van der Waals surface area contributed by atoms with Gasteiger partial charge in [-0.2, -0.15) is 0 Å². The van der Waals surface area contributed by atoms with E-state index in [0.29, 0.717) is 26.1 Å². The van der Waals surface area contributed by atoms with Gasteiger partial charge in [0.15, 0.2) is 0 Å². The molecule has 112 valence electrons. The van der Waals surface area contributed by atoms with Crippen LogP contribution in [0.3, 0.4) is 0 Å². The molecule has 0 unspecified atom stereocenters. The number of methoxy groups -OCH3 is 1. The molecule has 0 radical (unpaired) electrons. The van der Waals surface area contributed by atoms with Crippen LogP contribution in [-0.4, -0.2) is 43.7 Å². The van der Waals surface area contributed by atoms with Crippen LogP contribution in [-0.2, 0) is 16.1 Å². The zero-order valence-electron chi connectivity index (χ0n) is 12.8. The highest BCUT2D eigenvalue weighted by atomic mass is 16.5. The molecule has 20 heavy (non-hydrogen) atoms. The third-order valence-corrected chi connectivity index (χ3v) is 3.14. The SMILES string of the molecule is COCCNCCC(=O)N(Cc1ccccc1)C(C)C. The van der Waals surface area contributed by atoms with Gasteiger partial charge in [0.25, 0.3) is 0 Å². The van der Waals surface area contributed by atoms with Crippen LogP contribution in [0.1, 0.15) is 25.8 Å². The molecular formula is C16H26N2O2. The van der Waals surface area contributed by atoms with E-state index in [-0.39, 0.29) is 11.9 Å². The topological polar surface area (TPSA) is 41.6 Å². The van der Waals surface area contributed by atoms with Gasteiger partial charge in [-0.25, -0.2) is 0 Å². The van der Waals surface area contributed by atoms with Crippen LogP contribution in [0.5, 0.6) is 0 Å². The maximum atomic E-state index is 12.3. The van der Waals surface area contributed by atoms with Crippen LogP contribution in [0.15, 0.2) is 30.3 Å². The molecule has 0 aliphatic rings. The standard InChI is InChI=1S/C16H26N2O2/c1-14(2)18(13-15-7-5-4-6-8-15)16(19)9-10-17-11-12-20-3/h4-8,14,17H,9-13H2,1-3H3. The fourth-order valence-corrected chi connectivity index (χ4v) is 1.98. The zero-order valence-corrected chi connectivity index (χ0v) is 12.8. The third kappa shape index (κ3) is 6.17. The summed E-state index contributed by atoms with van der Waals surface area (Å²) in [7, 11) is 1.67. The summed E-state index contributed by atoms with van der Waals surface area (Å²) in [6.45, 7) is 6.93. The summed E-state index contributed by atoms with van der Waals surface area (Å²) in [5.41, 5.74) is 1.17. The normalized spacial score (nSPS) is 10.8. The number of amides is 1. The summed E-state index contributed by atoms with van der Waals surface area (Å²) in [5, 5.41) is 3.20. The molecule has 1 amide bonds. The molecule has 1 aromatic rings. The Kier molecular flexibility index (Phi) is 7.92. The summed E-state index contributed by atoms with van der Waals surface area (Å²) < 4.78 is 4.96. The van der Waals surface area contributed by atoms with Gasteiger partial charge in [0.1, 0.15) is 0 Å². The number of nitrogens with one attached hydrogen (secondary N) is 1. The zero-order chi connectivity index (χ0) is 14.8. The summed E-state index contributed by atoms with van der Waals surface area (Å²) >= 11 is 0. The van der Waals surface area contributed by atoms with E-state index >= 15 is 0 Å². The minimum Gasteiger partial charge on any atom is -0.383 e. The summed E-state index contributed by atoms with van der Waals surface area (Å²) in [5.74, 6) is 0.189. The van der Waals surface area contributed by atoms with E-state index in [2.05, 4.69) is 31.3 Å². The molecule has 0 aromatic heterocycles. The lowest BCUT2D eigenvalue weighted by Gasteiger charge is -2.27. The van der Waals surface area contributed by atoms with Crippen molar-refractivity contribution in [1.82, 2.24) is 10.2 Å². The van der Waals surface area contributed by atoms with Gasteiger partial charge in [-0.1, -0.05) is 30.3 Å². The molecule has 0 saturated heterocycles. The fraction of sp³-hybridized carbons (Fsp3) is 0.562. The van der Waals surface area contributed by atoms with Gasteiger partial charge >= 0.3 is 0 Å². The Hall–Kier alpha value is -1.39. The van der Waals surface area contributed by atoms with Gasteiger partial charge in [-0.15, -0.1) is 0 Å². The van der Waals surface area contributed by atoms with E-state index in [1.807, 2.05) is 23.1 Å². The van der Waals surface area contributed by atoms with Crippen LogP contribution in [0.2, 0.25) is 0 Å². The molecule has 4 heteroatoms. The van der Waals surface area contributed by atoms with Crippen molar-refractivity contribution in [2.75, 3.05) is 26.8 Å². The van der Waals surface area contributed by atoms with E-state index in [0.717, 1.165) is 6.54 Å². The first-order valence-corrected chi connectivity index (χ1v) is 7.18. The van der Waals surface area contributed by atoms with E-state index in [9.17, 15) is 4.79 Å². The Bertz CT molecular complexity index is 379. The molecule has 0 atom stereocenters. The quantitative estimate of drug-likeness (QED) is 0.703. The number of benzene rings is 1. The number of hydrogen-bond donors (Lipinski definition) is 1. The molecule has 0 bridgehead atoms. The molecular weight excluding hydrogens is 252 g/mol. The van der Waals surface area contributed by atoms with Crippen molar-refractivity contribution < 1.29 is 9.53 Å². The molecule has 1 aromatic carbocycles. The monoisotopic (exact) mass is 278 g/mol. The second-order valence-corrected chi connectivity index (χ2v) is 5.09. The summed E-state index contributed by atoms with van der Waals surface area (Å²) in [6.07, 6.45) is 0.523. The van der Waals surface area contributed by atoms with E-state index in [1.165, 1.54) is 5.56 Å². The molecule has 0 aliphatic carbocycles. The van der Waals surface area contributed by atoms with Gasteiger partial charge in [-0.3, -0.25) is 4.79 Å². The van der Waals surface area contributed by atoms with Gasteiger partial charge in [0.05, 0.1) is 6.61 Å². The van der Waals surface area contributed by atoms with Gasteiger partial charge in [0.2, 0.25) is 5.91 Å². The Morgan fingerprint density at radius 3 is 2.55 bits per heavy atom. The summed E-state index contributed by atoms with van der Waals surface area (Å²) in [6, 6.07) is 10.3. The fourth-order valence-electron chi connectivity index (χ4n) is 1.98. The van der Waals surface area contributed by atoms with Crippen LogP contribution in [0.4, 0.5) is 0 Å². The molecule has 1 rings (SSSR count). The Balaban J connectivity index is 2.43. The summed E-state index contributed by atoms with van der Waals surface area (Å²) in [4.78, 5) is 14.2. The minimum atomic E-state index is 0.189. The molecule has 0 saturated carbocycles. The molecule has 0 aliphatic heterocycles. The van der Waals surface area contributed by atoms with Crippen molar-refractivity contribution in [3.63, 3.8) is 0 Å². The minimum absolute atomic E-state index is 0.189. The largest absolute Gasteiger partial charge is 0.383 e. The number of hydrogen-bond acceptors (Lipinski definition) is 3. The highest BCUT2D eigenvalue weighted by Crippen LogP contribution is 2.09. The molecule has 4 nitrogen and oxygen atoms in total. The van der Waals surface area contributed by atoms with Crippen molar-refractivity contribution in [3.05, 3.63) is 35.9 Å². The Morgan fingerprint density at radius 2 is 1.95 bits per heavy atom. The number of carbonyl (C=O) groups is 1. The van der Waals surface area contributed by atoms with Crippen molar-refractivity contribution in [1.29, 1.82) is 0 Å². The predicted octanol–water partition coefficient (Wildman–Crippen LogP) is 2.05. The van der Waals surface area contributed by atoms with Crippen molar-refractivity contribution in [2.24, 2.45) is 0 Å². The smallest absolute Gasteiger partial charge is 0.224 e. The highest BCUT2D eigenvalue weighted by Gasteiger charge is 2.16. The second kappa shape index (κ2) is 9.50. The number of carbonyl (C=O) groups excluding carboxylic acids is 1. The second-order valence-electron chi connectivity index (χ2n) is 5.09. The van der Waals surface area contributed by atoms with Crippen molar-refractivity contribution in [2.45, 2.75) is 32.9 Å².